The number of halogens is 2. The number of benzene rings is 1. The van der Waals surface area contributed by atoms with Gasteiger partial charge in [-0.3, -0.25) is 4.79 Å². The first kappa shape index (κ1) is 16.2. The lowest BCUT2D eigenvalue weighted by Gasteiger charge is -2.34. The average Bonchev–Trinajstić information content (AvgIpc) is 2.50. The van der Waals surface area contributed by atoms with Gasteiger partial charge in [0.15, 0.2) is 17.7 Å². The fourth-order valence-corrected chi connectivity index (χ4v) is 2.49. The van der Waals surface area contributed by atoms with Crippen molar-refractivity contribution in [3.05, 3.63) is 29.8 Å². The summed E-state index contributed by atoms with van der Waals surface area (Å²) in [6.45, 7) is 1.80. The molecule has 1 aliphatic heterocycles. The van der Waals surface area contributed by atoms with Crippen LogP contribution in [0.2, 0.25) is 0 Å². The Hall–Kier alpha value is -2.18. The van der Waals surface area contributed by atoms with E-state index in [4.69, 9.17) is 4.74 Å². The van der Waals surface area contributed by atoms with E-state index in [1.165, 1.54) is 17.9 Å². The molecule has 2 atom stereocenters. The number of likely N-dealkylation sites (tertiary alicyclic amines) is 1. The van der Waals surface area contributed by atoms with Crippen LogP contribution in [0.4, 0.5) is 8.78 Å². The van der Waals surface area contributed by atoms with Crippen LogP contribution in [-0.4, -0.2) is 40.6 Å². The van der Waals surface area contributed by atoms with Gasteiger partial charge in [0.2, 0.25) is 0 Å². The van der Waals surface area contributed by atoms with Crippen LogP contribution < -0.4 is 4.74 Å². The number of aliphatic carboxylic acids is 1. The van der Waals surface area contributed by atoms with Crippen molar-refractivity contribution < 1.29 is 28.2 Å². The molecule has 0 aromatic heterocycles. The molecule has 1 amide bonds. The topological polar surface area (TPSA) is 66.8 Å². The van der Waals surface area contributed by atoms with Crippen molar-refractivity contribution in [2.45, 2.75) is 38.3 Å². The van der Waals surface area contributed by atoms with Crippen LogP contribution in [-0.2, 0) is 9.59 Å². The van der Waals surface area contributed by atoms with Gasteiger partial charge in [-0.05, 0) is 38.3 Å². The highest BCUT2D eigenvalue weighted by atomic mass is 19.2. The maximum Gasteiger partial charge on any atom is 0.326 e. The molecule has 22 heavy (non-hydrogen) atoms. The molecule has 1 fully saturated rings. The second-order valence-electron chi connectivity index (χ2n) is 5.22. The number of rotatable bonds is 4. The lowest BCUT2D eigenvalue weighted by Crippen LogP contribution is -2.52. The SMILES string of the molecule is CC(Oc1ccc(F)c(F)c1)C(=O)N1CCCCC1C(=O)O. The van der Waals surface area contributed by atoms with Crippen molar-refractivity contribution in [2.75, 3.05) is 6.54 Å². The number of hydrogen-bond donors (Lipinski definition) is 1. The Kier molecular flexibility index (Phi) is 4.95. The predicted molar refractivity (Wildman–Crippen MR) is 73.4 cm³/mol. The van der Waals surface area contributed by atoms with E-state index in [0.29, 0.717) is 13.0 Å². The van der Waals surface area contributed by atoms with Gasteiger partial charge < -0.3 is 14.7 Å². The molecule has 1 aromatic carbocycles. The minimum atomic E-state index is -1.07. The molecular formula is C15H17F2NO4. The Morgan fingerprint density at radius 1 is 1.32 bits per heavy atom. The Morgan fingerprint density at radius 2 is 2.05 bits per heavy atom. The van der Waals surface area contributed by atoms with Crippen LogP contribution in [0.1, 0.15) is 26.2 Å². The molecule has 7 heteroatoms. The van der Waals surface area contributed by atoms with E-state index in [1.54, 1.807) is 0 Å². The Labute approximate surface area is 126 Å². The predicted octanol–water partition coefficient (Wildman–Crippen LogP) is 2.20. The zero-order valence-electron chi connectivity index (χ0n) is 12.1. The zero-order valence-corrected chi connectivity index (χ0v) is 12.1. The van der Waals surface area contributed by atoms with Crippen molar-refractivity contribution in [3.63, 3.8) is 0 Å². The fraction of sp³-hybridized carbons (Fsp3) is 0.467. The van der Waals surface area contributed by atoms with Crippen molar-refractivity contribution in [2.24, 2.45) is 0 Å². The van der Waals surface area contributed by atoms with Gasteiger partial charge in [-0.1, -0.05) is 0 Å². The molecule has 1 saturated heterocycles. The number of piperidine rings is 1. The van der Waals surface area contributed by atoms with Gasteiger partial charge in [-0.2, -0.15) is 0 Å². The molecule has 120 valence electrons. The molecule has 0 spiro atoms. The summed E-state index contributed by atoms with van der Waals surface area (Å²) in [6, 6.07) is 2.11. The second-order valence-corrected chi connectivity index (χ2v) is 5.22. The van der Waals surface area contributed by atoms with E-state index >= 15 is 0 Å². The number of carboxylic acids is 1. The molecular weight excluding hydrogens is 296 g/mol. The van der Waals surface area contributed by atoms with Gasteiger partial charge in [0, 0.05) is 12.6 Å². The van der Waals surface area contributed by atoms with Crippen LogP contribution in [0.5, 0.6) is 5.75 Å². The van der Waals surface area contributed by atoms with Gasteiger partial charge in [-0.15, -0.1) is 0 Å². The number of carbonyl (C=O) groups excluding carboxylic acids is 1. The standard InChI is InChI=1S/C15H17F2NO4/c1-9(22-10-5-6-11(16)12(17)8-10)14(19)18-7-3-2-4-13(18)15(20)21/h5-6,8-9,13H,2-4,7H2,1H3,(H,20,21). The van der Waals surface area contributed by atoms with Gasteiger partial charge in [0.25, 0.3) is 5.91 Å². The molecule has 0 bridgehead atoms. The smallest absolute Gasteiger partial charge is 0.326 e. The van der Waals surface area contributed by atoms with Gasteiger partial charge in [0.1, 0.15) is 11.8 Å². The Balaban J connectivity index is 2.07. The third-order valence-corrected chi connectivity index (χ3v) is 3.62. The van der Waals surface area contributed by atoms with Gasteiger partial charge in [0.05, 0.1) is 0 Å². The summed E-state index contributed by atoms with van der Waals surface area (Å²) in [4.78, 5) is 24.8. The summed E-state index contributed by atoms with van der Waals surface area (Å²) in [7, 11) is 0. The molecule has 1 aliphatic rings. The maximum absolute atomic E-state index is 13.1. The monoisotopic (exact) mass is 313 g/mol. The summed E-state index contributed by atoms with van der Waals surface area (Å²) < 4.78 is 31.3. The highest BCUT2D eigenvalue weighted by Crippen LogP contribution is 2.21. The van der Waals surface area contributed by atoms with E-state index in [9.17, 15) is 23.5 Å². The lowest BCUT2D eigenvalue weighted by atomic mass is 10.0. The summed E-state index contributed by atoms with van der Waals surface area (Å²) in [5.74, 6) is -3.58. The summed E-state index contributed by atoms with van der Waals surface area (Å²) in [6.07, 6.45) is 0.899. The highest BCUT2D eigenvalue weighted by Gasteiger charge is 2.34. The van der Waals surface area contributed by atoms with Crippen molar-refractivity contribution in [3.8, 4) is 5.75 Å². The molecule has 0 radical (unpaired) electrons. The fourth-order valence-electron chi connectivity index (χ4n) is 2.49. The first-order chi connectivity index (χ1) is 10.4. The normalized spacial score (nSPS) is 19.6. The molecule has 1 N–H and O–H groups in total. The number of hydrogen-bond acceptors (Lipinski definition) is 3. The minimum Gasteiger partial charge on any atom is -0.481 e. The van der Waals surface area contributed by atoms with Gasteiger partial charge >= 0.3 is 5.97 Å². The molecule has 1 heterocycles. The number of nitrogens with zero attached hydrogens (tertiary/aromatic N) is 1. The van der Waals surface area contributed by atoms with E-state index < -0.39 is 35.7 Å². The summed E-state index contributed by atoms with van der Waals surface area (Å²) in [5.41, 5.74) is 0. The van der Waals surface area contributed by atoms with Crippen LogP contribution in [0.3, 0.4) is 0 Å². The maximum atomic E-state index is 13.1. The Morgan fingerprint density at radius 3 is 2.68 bits per heavy atom. The quantitative estimate of drug-likeness (QED) is 0.925. The largest absolute Gasteiger partial charge is 0.481 e. The van der Waals surface area contributed by atoms with Crippen molar-refractivity contribution >= 4 is 11.9 Å². The molecule has 1 aromatic rings. The summed E-state index contributed by atoms with van der Waals surface area (Å²) in [5, 5.41) is 9.17. The third-order valence-electron chi connectivity index (χ3n) is 3.62. The third kappa shape index (κ3) is 3.52. The van der Waals surface area contributed by atoms with Crippen LogP contribution >= 0.6 is 0 Å². The number of carboxylic acid groups (broad SMARTS) is 1. The zero-order chi connectivity index (χ0) is 16.3. The molecule has 2 rings (SSSR count). The van der Waals surface area contributed by atoms with Gasteiger partial charge in [-0.25, -0.2) is 13.6 Å². The second kappa shape index (κ2) is 6.72. The molecule has 0 aliphatic carbocycles. The van der Waals surface area contributed by atoms with Crippen molar-refractivity contribution in [1.82, 2.24) is 4.90 Å². The molecule has 5 nitrogen and oxygen atoms in total. The highest BCUT2D eigenvalue weighted by molar-refractivity contribution is 5.86. The number of amides is 1. The Bertz CT molecular complexity index is 579. The van der Waals surface area contributed by atoms with Crippen LogP contribution in [0.25, 0.3) is 0 Å². The first-order valence-corrected chi connectivity index (χ1v) is 7.05. The minimum absolute atomic E-state index is 0.0173. The first-order valence-electron chi connectivity index (χ1n) is 7.05. The van der Waals surface area contributed by atoms with E-state index in [1.807, 2.05) is 0 Å². The number of carbonyl (C=O) groups is 2. The summed E-state index contributed by atoms with van der Waals surface area (Å²) >= 11 is 0. The number of ether oxygens (including phenoxy) is 1. The van der Waals surface area contributed by atoms with E-state index in [-0.39, 0.29) is 5.75 Å². The molecule has 0 saturated carbocycles. The van der Waals surface area contributed by atoms with E-state index in [2.05, 4.69) is 0 Å². The van der Waals surface area contributed by atoms with Crippen molar-refractivity contribution in [1.29, 1.82) is 0 Å². The van der Waals surface area contributed by atoms with Crippen LogP contribution in [0.15, 0.2) is 18.2 Å². The lowest BCUT2D eigenvalue weighted by molar-refractivity contribution is -0.155. The van der Waals surface area contributed by atoms with Crippen LogP contribution in [0, 0.1) is 11.6 Å². The van der Waals surface area contributed by atoms with E-state index in [0.717, 1.165) is 25.0 Å². The molecule has 2 unspecified atom stereocenters. The average molecular weight is 313 g/mol.